The van der Waals surface area contributed by atoms with Crippen LogP contribution in [0.15, 0.2) is 30.3 Å². The van der Waals surface area contributed by atoms with Gasteiger partial charge in [-0.2, -0.15) is 11.8 Å². The number of hydrogen-bond acceptors (Lipinski definition) is 4. The maximum atomic E-state index is 11.9. The van der Waals surface area contributed by atoms with Crippen LogP contribution in [-0.2, 0) is 16.1 Å². The standard InChI is InChI=1S/C13H17NO2S/c1-14-7-8-17-10-12(14)13(15)16-9-11-5-3-2-4-6-11/h2-6,12H,7-10H2,1H3/t12-/m0/s1. The van der Waals surface area contributed by atoms with Gasteiger partial charge in [-0.3, -0.25) is 9.69 Å². The van der Waals surface area contributed by atoms with Crippen molar-refractivity contribution in [1.82, 2.24) is 4.90 Å². The Kier molecular flexibility index (Phi) is 4.45. The van der Waals surface area contributed by atoms with Gasteiger partial charge in [0.05, 0.1) is 0 Å². The van der Waals surface area contributed by atoms with Crippen LogP contribution in [0.3, 0.4) is 0 Å². The highest BCUT2D eigenvalue weighted by atomic mass is 32.2. The summed E-state index contributed by atoms with van der Waals surface area (Å²) in [7, 11) is 1.98. The van der Waals surface area contributed by atoms with E-state index < -0.39 is 0 Å². The molecule has 92 valence electrons. The van der Waals surface area contributed by atoms with Crippen LogP contribution in [0.1, 0.15) is 5.56 Å². The summed E-state index contributed by atoms with van der Waals surface area (Å²) in [6.07, 6.45) is 0. The SMILES string of the molecule is CN1CCSC[C@H]1C(=O)OCc1ccccc1. The number of carbonyl (C=O) groups excluding carboxylic acids is 1. The predicted octanol–water partition coefficient (Wildman–Crippen LogP) is 1.78. The van der Waals surface area contributed by atoms with E-state index in [0.717, 1.165) is 23.6 Å². The Labute approximate surface area is 106 Å². The van der Waals surface area contributed by atoms with Gasteiger partial charge < -0.3 is 4.74 Å². The monoisotopic (exact) mass is 251 g/mol. The lowest BCUT2D eigenvalue weighted by atomic mass is 10.2. The van der Waals surface area contributed by atoms with Crippen LogP contribution in [0.25, 0.3) is 0 Å². The Morgan fingerprint density at radius 3 is 2.94 bits per heavy atom. The average molecular weight is 251 g/mol. The van der Waals surface area contributed by atoms with E-state index >= 15 is 0 Å². The van der Waals surface area contributed by atoms with Crippen molar-refractivity contribution >= 4 is 17.7 Å². The molecule has 0 aliphatic carbocycles. The number of carbonyl (C=O) groups is 1. The smallest absolute Gasteiger partial charge is 0.324 e. The lowest BCUT2D eigenvalue weighted by Crippen LogP contribution is -2.45. The maximum absolute atomic E-state index is 11.9. The van der Waals surface area contributed by atoms with Crippen LogP contribution in [0, 0.1) is 0 Å². The van der Waals surface area contributed by atoms with Gasteiger partial charge in [-0.05, 0) is 12.6 Å². The van der Waals surface area contributed by atoms with Crippen molar-refractivity contribution in [2.24, 2.45) is 0 Å². The van der Waals surface area contributed by atoms with E-state index in [1.54, 1.807) is 0 Å². The quantitative estimate of drug-likeness (QED) is 0.766. The average Bonchev–Trinajstić information content (AvgIpc) is 2.38. The Balaban J connectivity index is 1.84. The van der Waals surface area contributed by atoms with Crippen molar-refractivity contribution in [3.05, 3.63) is 35.9 Å². The number of thioether (sulfide) groups is 1. The highest BCUT2D eigenvalue weighted by Gasteiger charge is 2.27. The summed E-state index contributed by atoms with van der Waals surface area (Å²) in [5.41, 5.74) is 1.03. The number of esters is 1. The normalized spacial score (nSPS) is 21.1. The Morgan fingerprint density at radius 2 is 2.24 bits per heavy atom. The van der Waals surface area contributed by atoms with Gasteiger partial charge in [0.15, 0.2) is 0 Å². The molecule has 1 aliphatic rings. The molecule has 0 aromatic heterocycles. The summed E-state index contributed by atoms with van der Waals surface area (Å²) in [5.74, 6) is 1.83. The first kappa shape index (κ1) is 12.5. The van der Waals surface area contributed by atoms with Crippen LogP contribution in [0.4, 0.5) is 0 Å². The van der Waals surface area contributed by atoms with Crippen LogP contribution >= 0.6 is 11.8 Å². The minimum absolute atomic E-state index is 0.0857. The van der Waals surface area contributed by atoms with Gasteiger partial charge >= 0.3 is 5.97 Å². The van der Waals surface area contributed by atoms with E-state index in [2.05, 4.69) is 4.90 Å². The summed E-state index contributed by atoms with van der Waals surface area (Å²) in [5, 5.41) is 0. The maximum Gasteiger partial charge on any atom is 0.324 e. The number of benzene rings is 1. The minimum Gasteiger partial charge on any atom is -0.460 e. The molecule has 1 fully saturated rings. The number of likely N-dealkylation sites (N-methyl/N-ethyl adjacent to an activating group) is 1. The van der Waals surface area contributed by atoms with Crippen LogP contribution in [-0.4, -0.2) is 42.0 Å². The Hall–Kier alpha value is -1.00. The predicted molar refractivity (Wildman–Crippen MR) is 70.0 cm³/mol. The van der Waals surface area contributed by atoms with Crippen molar-refractivity contribution in [2.75, 3.05) is 25.1 Å². The fraction of sp³-hybridized carbons (Fsp3) is 0.462. The van der Waals surface area contributed by atoms with Crippen molar-refractivity contribution in [2.45, 2.75) is 12.6 Å². The van der Waals surface area contributed by atoms with E-state index in [9.17, 15) is 4.79 Å². The molecule has 17 heavy (non-hydrogen) atoms. The first-order valence-electron chi connectivity index (χ1n) is 5.76. The lowest BCUT2D eigenvalue weighted by Gasteiger charge is -2.30. The molecule has 1 heterocycles. The second-order valence-corrected chi connectivity index (χ2v) is 5.31. The second kappa shape index (κ2) is 6.07. The molecular formula is C13H17NO2S. The van der Waals surface area contributed by atoms with Crippen molar-refractivity contribution in [1.29, 1.82) is 0 Å². The van der Waals surface area contributed by atoms with Gasteiger partial charge in [0.25, 0.3) is 0 Å². The van der Waals surface area contributed by atoms with Gasteiger partial charge in [0.2, 0.25) is 0 Å². The summed E-state index contributed by atoms with van der Waals surface area (Å²) in [6, 6.07) is 9.70. The molecule has 0 spiro atoms. The number of hydrogen-bond donors (Lipinski definition) is 0. The molecule has 1 aromatic rings. The second-order valence-electron chi connectivity index (χ2n) is 4.16. The van der Waals surface area contributed by atoms with Gasteiger partial charge in [-0.1, -0.05) is 30.3 Å². The van der Waals surface area contributed by atoms with Gasteiger partial charge in [0.1, 0.15) is 12.6 Å². The first-order valence-corrected chi connectivity index (χ1v) is 6.91. The Bertz CT molecular complexity index is 369. The third-order valence-electron chi connectivity index (χ3n) is 2.89. The van der Waals surface area contributed by atoms with Crippen LogP contribution in [0.2, 0.25) is 0 Å². The molecule has 1 saturated heterocycles. The fourth-order valence-corrected chi connectivity index (χ4v) is 2.96. The zero-order valence-electron chi connectivity index (χ0n) is 9.96. The summed E-state index contributed by atoms with van der Waals surface area (Å²) < 4.78 is 5.34. The fourth-order valence-electron chi connectivity index (χ4n) is 1.76. The van der Waals surface area contributed by atoms with Gasteiger partial charge in [0, 0.05) is 18.1 Å². The molecule has 0 radical (unpaired) electrons. The first-order chi connectivity index (χ1) is 8.27. The van der Waals surface area contributed by atoms with Gasteiger partial charge in [-0.25, -0.2) is 0 Å². The third-order valence-corrected chi connectivity index (χ3v) is 3.91. The molecular weight excluding hydrogens is 234 g/mol. The zero-order chi connectivity index (χ0) is 12.1. The summed E-state index contributed by atoms with van der Waals surface area (Å²) in [4.78, 5) is 14.0. The van der Waals surface area contributed by atoms with E-state index in [1.807, 2.05) is 49.1 Å². The zero-order valence-corrected chi connectivity index (χ0v) is 10.8. The number of rotatable bonds is 3. The van der Waals surface area contributed by atoms with E-state index in [1.165, 1.54) is 0 Å². The largest absolute Gasteiger partial charge is 0.460 e. The van der Waals surface area contributed by atoms with E-state index in [-0.39, 0.29) is 12.0 Å². The summed E-state index contributed by atoms with van der Waals surface area (Å²) in [6.45, 7) is 1.32. The number of ether oxygens (including phenoxy) is 1. The van der Waals surface area contributed by atoms with Crippen molar-refractivity contribution in [3.63, 3.8) is 0 Å². The van der Waals surface area contributed by atoms with Crippen LogP contribution in [0.5, 0.6) is 0 Å². The van der Waals surface area contributed by atoms with E-state index in [4.69, 9.17) is 4.74 Å². The molecule has 0 bridgehead atoms. The molecule has 1 aliphatic heterocycles. The lowest BCUT2D eigenvalue weighted by molar-refractivity contribution is -0.150. The van der Waals surface area contributed by atoms with E-state index in [0.29, 0.717) is 6.61 Å². The topological polar surface area (TPSA) is 29.5 Å². The highest BCUT2D eigenvalue weighted by Crippen LogP contribution is 2.16. The third kappa shape index (κ3) is 3.48. The molecule has 0 unspecified atom stereocenters. The van der Waals surface area contributed by atoms with Gasteiger partial charge in [-0.15, -0.1) is 0 Å². The molecule has 0 N–H and O–H groups in total. The van der Waals surface area contributed by atoms with Crippen molar-refractivity contribution < 1.29 is 9.53 Å². The molecule has 0 amide bonds. The molecule has 3 nitrogen and oxygen atoms in total. The summed E-state index contributed by atoms with van der Waals surface area (Å²) >= 11 is 1.81. The number of nitrogens with zero attached hydrogens (tertiary/aromatic N) is 1. The molecule has 2 rings (SSSR count). The van der Waals surface area contributed by atoms with Crippen molar-refractivity contribution in [3.8, 4) is 0 Å². The minimum atomic E-state index is -0.108. The Morgan fingerprint density at radius 1 is 1.47 bits per heavy atom. The molecule has 0 saturated carbocycles. The van der Waals surface area contributed by atoms with Crippen LogP contribution < -0.4 is 0 Å². The molecule has 4 heteroatoms. The molecule has 1 aromatic carbocycles. The molecule has 1 atom stereocenters. The highest BCUT2D eigenvalue weighted by molar-refractivity contribution is 7.99.